The maximum absolute atomic E-state index is 2.46. The summed E-state index contributed by atoms with van der Waals surface area (Å²) in [6.07, 6.45) is 0. The maximum Gasteiger partial charge on any atom is 0.0633 e. The third-order valence-electron chi connectivity index (χ3n) is 11.0. The van der Waals surface area contributed by atoms with Gasteiger partial charge >= 0.3 is 0 Å². The van der Waals surface area contributed by atoms with Gasteiger partial charge in [-0.1, -0.05) is 152 Å². The first-order chi connectivity index (χ1) is 27.3. The summed E-state index contributed by atoms with van der Waals surface area (Å²) >= 11 is 1.89. The van der Waals surface area contributed by atoms with E-state index in [-0.39, 0.29) is 0 Å². The summed E-state index contributed by atoms with van der Waals surface area (Å²) in [6.45, 7) is 0. The van der Waals surface area contributed by atoms with Crippen LogP contribution in [0, 0.1) is 0 Å². The molecule has 0 atom stereocenters. The summed E-state index contributed by atoms with van der Waals surface area (Å²) in [7, 11) is 0. The molecule has 55 heavy (non-hydrogen) atoms. The molecule has 0 saturated carbocycles. The highest BCUT2D eigenvalue weighted by Crippen LogP contribution is 2.53. The monoisotopic (exact) mass is 718 g/mol. The van der Waals surface area contributed by atoms with Crippen LogP contribution in [-0.4, -0.2) is 4.57 Å². The molecule has 258 valence electrons. The van der Waals surface area contributed by atoms with Crippen molar-refractivity contribution in [3.8, 4) is 27.9 Å². The SMILES string of the molecule is c1ccc(-c2c(N(c3ccccc3)c3ccc(-c4ccc(-n5c6ccccc6c6ccccc65)cc4)cc3)c3ccccc3c3c2sc2ccccc23)cc1. The molecule has 0 fully saturated rings. The topological polar surface area (TPSA) is 8.17 Å². The molecule has 0 unspecified atom stereocenters. The first-order valence-corrected chi connectivity index (χ1v) is 19.6. The summed E-state index contributed by atoms with van der Waals surface area (Å²) in [5.41, 5.74) is 11.8. The quantitative estimate of drug-likeness (QED) is 0.166. The van der Waals surface area contributed by atoms with E-state index in [0.29, 0.717) is 0 Å². The van der Waals surface area contributed by atoms with Gasteiger partial charge in [-0.2, -0.15) is 0 Å². The number of thiophene rings is 1. The lowest BCUT2D eigenvalue weighted by Crippen LogP contribution is -2.12. The van der Waals surface area contributed by atoms with Crippen LogP contribution in [0.25, 0.3) is 80.7 Å². The number of anilines is 3. The van der Waals surface area contributed by atoms with Crippen molar-refractivity contribution in [2.45, 2.75) is 0 Å². The van der Waals surface area contributed by atoms with Crippen LogP contribution in [0.3, 0.4) is 0 Å². The molecular weight excluding hydrogens is 685 g/mol. The van der Waals surface area contributed by atoms with Crippen molar-refractivity contribution in [2.75, 3.05) is 4.90 Å². The van der Waals surface area contributed by atoms with Crippen molar-refractivity contribution < 1.29 is 0 Å². The average Bonchev–Trinajstić information content (AvgIpc) is 3.81. The van der Waals surface area contributed by atoms with E-state index in [1.165, 1.54) is 80.7 Å². The van der Waals surface area contributed by atoms with E-state index in [1.807, 2.05) is 11.3 Å². The van der Waals surface area contributed by atoms with E-state index in [4.69, 9.17) is 0 Å². The van der Waals surface area contributed by atoms with Gasteiger partial charge in [0.2, 0.25) is 0 Å². The Balaban J connectivity index is 1.08. The number of hydrogen-bond donors (Lipinski definition) is 0. The van der Waals surface area contributed by atoms with Gasteiger partial charge in [0, 0.05) is 59.0 Å². The molecule has 9 aromatic carbocycles. The Morgan fingerprint density at radius 1 is 0.364 bits per heavy atom. The Bertz CT molecular complexity index is 3120. The van der Waals surface area contributed by atoms with Gasteiger partial charge in [0.25, 0.3) is 0 Å². The van der Waals surface area contributed by atoms with Gasteiger partial charge in [0.1, 0.15) is 0 Å². The summed E-state index contributed by atoms with van der Waals surface area (Å²) in [5.74, 6) is 0. The highest BCUT2D eigenvalue weighted by Gasteiger charge is 2.25. The van der Waals surface area contributed by atoms with E-state index >= 15 is 0 Å². The van der Waals surface area contributed by atoms with Crippen molar-refractivity contribution in [1.82, 2.24) is 4.57 Å². The van der Waals surface area contributed by atoms with Crippen molar-refractivity contribution in [2.24, 2.45) is 0 Å². The molecule has 0 N–H and O–H groups in total. The van der Waals surface area contributed by atoms with Gasteiger partial charge in [0.05, 0.1) is 16.7 Å². The first kappa shape index (κ1) is 31.6. The molecule has 0 saturated heterocycles. The second-order valence-electron chi connectivity index (χ2n) is 14.1. The number of benzene rings is 9. The number of hydrogen-bond acceptors (Lipinski definition) is 2. The Morgan fingerprint density at radius 3 is 1.51 bits per heavy atom. The van der Waals surface area contributed by atoms with E-state index < -0.39 is 0 Å². The lowest BCUT2D eigenvalue weighted by atomic mass is 9.93. The molecule has 3 heteroatoms. The number of rotatable bonds is 6. The van der Waals surface area contributed by atoms with Gasteiger partial charge in [-0.05, 0) is 76.7 Å². The van der Waals surface area contributed by atoms with E-state index in [0.717, 1.165) is 17.1 Å². The number of aromatic nitrogens is 1. The minimum atomic E-state index is 1.11. The van der Waals surface area contributed by atoms with Crippen LogP contribution in [0.5, 0.6) is 0 Å². The molecule has 0 amide bonds. The zero-order chi connectivity index (χ0) is 36.3. The number of fused-ring (bicyclic) bond motifs is 8. The molecule has 0 spiro atoms. The molecule has 11 aromatic rings. The lowest BCUT2D eigenvalue weighted by Gasteiger charge is -2.30. The van der Waals surface area contributed by atoms with Crippen LogP contribution in [0.4, 0.5) is 17.1 Å². The predicted molar refractivity (Wildman–Crippen MR) is 237 cm³/mol. The third kappa shape index (κ3) is 5.09. The number of nitrogens with zero attached hydrogens (tertiary/aromatic N) is 2. The Labute approximate surface area is 323 Å². The minimum Gasteiger partial charge on any atom is -0.309 e. The summed E-state index contributed by atoms with van der Waals surface area (Å²) in [4.78, 5) is 2.46. The molecule has 11 rings (SSSR count). The maximum atomic E-state index is 2.46. The standard InChI is InChI=1S/C52H34N2S/c1-3-15-37(16-4-1)49-51(44-22-8-7-21-43(44)50-45-23-11-14-26-48(45)55-52(49)50)53(38-17-5-2-6-18-38)39-31-27-35(28-32-39)36-29-33-40(34-30-36)54-46-24-12-9-19-41(46)42-20-10-13-25-47(42)54/h1-34H. The van der Waals surface area contributed by atoms with Gasteiger partial charge in [-0.3, -0.25) is 0 Å². The van der Waals surface area contributed by atoms with Crippen molar-refractivity contribution >= 4 is 81.1 Å². The van der Waals surface area contributed by atoms with Crippen molar-refractivity contribution in [3.63, 3.8) is 0 Å². The first-order valence-electron chi connectivity index (χ1n) is 18.8. The fourth-order valence-corrected chi connectivity index (χ4v) is 9.82. The van der Waals surface area contributed by atoms with Crippen LogP contribution >= 0.6 is 11.3 Å². The molecule has 0 bridgehead atoms. The van der Waals surface area contributed by atoms with Gasteiger partial charge < -0.3 is 9.47 Å². The predicted octanol–water partition coefficient (Wildman–Crippen LogP) is 15.1. The van der Waals surface area contributed by atoms with E-state index in [2.05, 4.69) is 216 Å². The molecule has 2 aromatic heterocycles. The summed E-state index contributed by atoms with van der Waals surface area (Å²) < 4.78 is 4.98. The summed E-state index contributed by atoms with van der Waals surface area (Å²) in [5, 5.41) is 7.68. The molecular formula is C52H34N2S. The van der Waals surface area contributed by atoms with Crippen molar-refractivity contribution in [3.05, 3.63) is 206 Å². The van der Waals surface area contributed by atoms with E-state index in [9.17, 15) is 0 Å². The highest BCUT2D eigenvalue weighted by atomic mass is 32.1. The van der Waals surface area contributed by atoms with Crippen LogP contribution < -0.4 is 4.90 Å². The largest absolute Gasteiger partial charge is 0.309 e. The average molecular weight is 719 g/mol. The molecule has 2 nitrogen and oxygen atoms in total. The van der Waals surface area contributed by atoms with Crippen LogP contribution in [-0.2, 0) is 0 Å². The zero-order valence-electron chi connectivity index (χ0n) is 29.9. The third-order valence-corrected chi connectivity index (χ3v) is 12.2. The second-order valence-corrected chi connectivity index (χ2v) is 15.1. The van der Waals surface area contributed by atoms with Gasteiger partial charge in [0.15, 0.2) is 0 Å². The number of para-hydroxylation sites is 3. The van der Waals surface area contributed by atoms with Crippen LogP contribution in [0.2, 0.25) is 0 Å². The molecule has 0 aliphatic heterocycles. The Morgan fingerprint density at radius 2 is 0.855 bits per heavy atom. The smallest absolute Gasteiger partial charge is 0.0633 e. The van der Waals surface area contributed by atoms with Gasteiger partial charge in [-0.25, -0.2) is 0 Å². The molecule has 0 radical (unpaired) electrons. The molecule has 2 heterocycles. The van der Waals surface area contributed by atoms with Crippen LogP contribution in [0.1, 0.15) is 0 Å². The Hall–Kier alpha value is -6.94. The zero-order valence-corrected chi connectivity index (χ0v) is 30.7. The fourth-order valence-electron chi connectivity index (χ4n) is 8.53. The normalized spacial score (nSPS) is 11.6. The second kappa shape index (κ2) is 12.9. The summed E-state index contributed by atoms with van der Waals surface area (Å²) in [6, 6.07) is 75.0. The molecule has 0 aliphatic carbocycles. The fraction of sp³-hybridized carbons (Fsp3) is 0. The van der Waals surface area contributed by atoms with E-state index in [1.54, 1.807) is 0 Å². The molecule has 0 aliphatic rings. The highest BCUT2D eigenvalue weighted by molar-refractivity contribution is 7.26. The lowest BCUT2D eigenvalue weighted by molar-refractivity contribution is 1.18. The van der Waals surface area contributed by atoms with Crippen molar-refractivity contribution in [1.29, 1.82) is 0 Å². The van der Waals surface area contributed by atoms with Crippen LogP contribution in [0.15, 0.2) is 206 Å². The minimum absolute atomic E-state index is 1.11. The Kier molecular flexibility index (Phi) is 7.39. The van der Waals surface area contributed by atoms with Gasteiger partial charge in [-0.15, -0.1) is 11.3 Å².